The first-order valence-electron chi connectivity index (χ1n) is 5.70. The summed E-state index contributed by atoms with van der Waals surface area (Å²) in [5, 5.41) is 8.78. The molecule has 1 aromatic carbocycles. The number of nitrogens with zero attached hydrogens (tertiary/aromatic N) is 1. The Labute approximate surface area is 123 Å². The summed E-state index contributed by atoms with van der Waals surface area (Å²) >= 11 is 7.56. The minimum absolute atomic E-state index is 0.00140. The highest BCUT2D eigenvalue weighted by Gasteiger charge is 2.20. The molecule has 4 nitrogen and oxygen atoms in total. The van der Waals surface area contributed by atoms with Crippen LogP contribution in [0.25, 0.3) is 0 Å². The van der Waals surface area contributed by atoms with Crippen molar-refractivity contribution in [2.45, 2.75) is 24.8 Å². The second-order valence-electron chi connectivity index (χ2n) is 3.94. The van der Waals surface area contributed by atoms with Gasteiger partial charge in [0, 0.05) is 11.8 Å². The molecule has 0 saturated heterocycles. The third-order valence-electron chi connectivity index (χ3n) is 2.28. The molecule has 0 radical (unpaired) electrons. The van der Waals surface area contributed by atoms with Crippen molar-refractivity contribution in [3.63, 3.8) is 0 Å². The summed E-state index contributed by atoms with van der Waals surface area (Å²) in [6, 6.07) is 5.87. The zero-order valence-corrected chi connectivity index (χ0v) is 13.1. The number of sulfonamides is 1. The Morgan fingerprint density at radius 3 is 2.74 bits per heavy atom. The predicted octanol–water partition coefficient (Wildman–Crippen LogP) is 2.63. The van der Waals surface area contributed by atoms with Crippen molar-refractivity contribution in [3.8, 4) is 6.07 Å². The smallest absolute Gasteiger partial charge is 0.207 e. The average Bonchev–Trinajstić information content (AvgIpc) is 2.35. The van der Waals surface area contributed by atoms with Crippen molar-refractivity contribution in [2.24, 2.45) is 0 Å². The van der Waals surface area contributed by atoms with Crippen molar-refractivity contribution < 1.29 is 8.42 Å². The zero-order chi connectivity index (χ0) is 14.5. The van der Waals surface area contributed by atoms with E-state index in [2.05, 4.69) is 4.72 Å². The quantitative estimate of drug-likeness (QED) is 0.875. The van der Waals surface area contributed by atoms with Crippen LogP contribution >= 0.6 is 23.4 Å². The van der Waals surface area contributed by atoms with Crippen molar-refractivity contribution >= 4 is 33.4 Å². The Balaban J connectivity index is 2.92. The van der Waals surface area contributed by atoms with Crippen LogP contribution in [0.5, 0.6) is 0 Å². The largest absolute Gasteiger partial charge is 0.242 e. The molecule has 0 bridgehead atoms. The normalized spacial score (nSPS) is 12.9. The lowest BCUT2D eigenvalue weighted by Gasteiger charge is -2.14. The van der Waals surface area contributed by atoms with Crippen LogP contribution in [0.15, 0.2) is 23.1 Å². The van der Waals surface area contributed by atoms with E-state index in [1.807, 2.05) is 13.0 Å². The molecular weight excluding hydrogens is 304 g/mol. The van der Waals surface area contributed by atoms with E-state index in [1.165, 1.54) is 18.2 Å². The van der Waals surface area contributed by atoms with Gasteiger partial charge < -0.3 is 0 Å². The summed E-state index contributed by atoms with van der Waals surface area (Å²) in [7, 11) is -3.65. The molecule has 1 aromatic rings. The summed E-state index contributed by atoms with van der Waals surface area (Å²) in [5.74, 6) is 1.63. The number of nitriles is 1. The zero-order valence-electron chi connectivity index (χ0n) is 10.7. The lowest BCUT2D eigenvalue weighted by Crippen LogP contribution is -2.34. The standard InChI is InChI=1S/C12H15ClN2O2S2/c1-3-18-8-9(2)15-19(16,17)12-5-4-10(7-14)6-11(12)13/h4-6,9,15H,3,8H2,1-2H3. The molecule has 19 heavy (non-hydrogen) atoms. The lowest BCUT2D eigenvalue weighted by molar-refractivity contribution is 0.571. The maximum atomic E-state index is 12.1. The highest BCUT2D eigenvalue weighted by atomic mass is 35.5. The number of hydrogen-bond donors (Lipinski definition) is 1. The molecule has 0 aromatic heterocycles. The van der Waals surface area contributed by atoms with Gasteiger partial charge in [0.15, 0.2) is 0 Å². The molecule has 0 fully saturated rings. The minimum atomic E-state index is -3.65. The molecule has 1 rings (SSSR count). The van der Waals surface area contributed by atoms with Gasteiger partial charge in [0.2, 0.25) is 10.0 Å². The molecule has 0 amide bonds. The van der Waals surface area contributed by atoms with E-state index in [4.69, 9.17) is 16.9 Å². The maximum absolute atomic E-state index is 12.1. The summed E-state index contributed by atoms with van der Waals surface area (Å²) < 4.78 is 26.8. The number of rotatable bonds is 6. The SMILES string of the molecule is CCSCC(C)NS(=O)(=O)c1ccc(C#N)cc1Cl. The first-order valence-corrected chi connectivity index (χ1v) is 8.72. The van der Waals surface area contributed by atoms with Crippen LogP contribution in [0.1, 0.15) is 19.4 Å². The molecule has 1 unspecified atom stereocenters. The van der Waals surface area contributed by atoms with Gasteiger partial charge in [0.05, 0.1) is 16.7 Å². The first-order chi connectivity index (χ1) is 8.90. The second-order valence-corrected chi connectivity index (χ2v) is 7.35. The van der Waals surface area contributed by atoms with Gasteiger partial charge in [-0.25, -0.2) is 13.1 Å². The summed E-state index contributed by atoms with van der Waals surface area (Å²) in [6.45, 7) is 3.82. The molecular formula is C12H15ClN2O2S2. The third-order valence-corrected chi connectivity index (χ3v) is 5.50. The minimum Gasteiger partial charge on any atom is -0.207 e. The Kier molecular flexibility index (Phi) is 6.14. The van der Waals surface area contributed by atoms with Crippen LogP contribution in [-0.4, -0.2) is 26.0 Å². The molecule has 0 heterocycles. The molecule has 0 aliphatic carbocycles. The van der Waals surface area contributed by atoms with Crippen LogP contribution in [0, 0.1) is 11.3 Å². The van der Waals surface area contributed by atoms with Gasteiger partial charge >= 0.3 is 0 Å². The predicted molar refractivity (Wildman–Crippen MR) is 78.9 cm³/mol. The molecule has 1 N–H and O–H groups in total. The fourth-order valence-corrected chi connectivity index (χ4v) is 4.01. The second kappa shape index (κ2) is 7.15. The van der Waals surface area contributed by atoms with Gasteiger partial charge in [-0.2, -0.15) is 17.0 Å². The van der Waals surface area contributed by atoms with Gasteiger partial charge in [-0.15, -0.1) is 0 Å². The Bertz CT molecular complexity index is 582. The van der Waals surface area contributed by atoms with E-state index < -0.39 is 10.0 Å². The fraction of sp³-hybridized carbons (Fsp3) is 0.417. The van der Waals surface area contributed by atoms with E-state index in [9.17, 15) is 8.42 Å². The molecule has 7 heteroatoms. The van der Waals surface area contributed by atoms with E-state index in [-0.39, 0.29) is 16.0 Å². The van der Waals surface area contributed by atoms with Gasteiger partial charge in [0.1, 0.15) is 4.90 Å². The van der Waals surface area contributed by atoms with Crippen LogP contribution in [-0.2, 0) is 10.0 Å². The van der Waals surface area contributed by atoms with E-state index in [0.29, 0.717) is 11.3 Å². The van der Waals surface area contributed by atoms with Crippen LogP contribution < -0.4 is 4.72 Å². The summed E-state index contributed by atoms with van der Waals surface area (Å²) in [4.78, 5) is 0.00140. The number of halogens is 1. The van der Waals surface area contributed by atoms with Crippen molar-refractivity contribution in [3.05, 3.63) is 28.8 Å². The highest BCUT2D eigenvalue weighted by molar-refractivity contribution is 7.99. The number of thioether (sulfide) groups is 1. The van der Waals surface area contributed by atoms with Crippen molar-refractivity contribution in [1.82, 2.24) is 4.72 Å². The lowest BCUT2D eigenvalue weighted by atomic mass is 10.2. The van der Waals surface area contributed by atoms with Gasteiger partial charge in [-0.05, 0) is 30.9 Å². The summed E-state index contributed by atoms with van der Waals surface area (Å²) in [5.41, 5.74) is 0.332. The topological polar surface area (TPSA) is 70.0 Å². The fourth-order valence-electron chi connectivity index (χ4n) is 1.45. The summed E-state index contributed by atoms with van der Waals surface area (Å²) in [6.07, 6.45) is 0. The molecule has 1 atom stereocenters. The van der Waals surface area contributed by atoms with E-state index in [0.717, 1.165) is 5.75 Å². The number of benzene rings is 1. The number of nitrogens with one attached hydrogen (secondary N) is 1. The number of hydrogen-bond acceptors (Lipinski definition) is 4. The van der Waals surface area contributed by atoms with Crippen LogP contribution in [0.4, 0.5) is 0 Å². The Hall–Kier alpha value is -0.740. The molecule has 104 valence electrons. The third kappa shape index (κ3) is 4.69. The molecule has 0 aliphatic rings. The Morgan fingerprint density at radius 2 is 2.21 bits per heavy atom. The van der Waals surface area contributed by atoms with Crippen LogP contribution in [0.3, 0.4) is 0 Å². The van der Waals surface area contributed by atoms with Gasteiger partial charge in [0.25, 0.3) is 0 Å². The van der Waals surface area contributed by atoms with Crippen molar-refractivity contribution in [2.75, 3.05) is 11.5 Å². The maximum Gasteiger partial charge on any atom is 0.242 e. The van der Waals surface area contributed by atoms with Crippen LogP contribution in [0.2, 0.25) is 5.02 Å². The molecule has 0 aliphatic heterocycles. The average molecular weight is 319 g/mol. The molecule has 0 spiro atoms. The first kappa shape index (κ1) is 16.3. The molecule has 0 saturated carbocycles. The van der Waals surface area contributed by atoms with E-state index >= 15 is 0 Å². The van der Waals surface area contributed by atoms with E-state index in [1.54, 1.807) is 18.7 Å². The Morgan fingerprint density at radius 1 is 1.53 bits per heavy atom. The highest BCUT2D eigenvalue weighted by Crippen LogP contribution is 2.22. The monoisotopic (exact) mass is 318 g/mol. The van der Waals surface area contributed by atoms with Gasteiger partial charge in [-0.1, -0.05) is 18.5 Å². The van der Waals surface area contributed by atoms with Gasteiger partial charge in [-0.3, -0.25) is 0 Å². The van der Waals surface area contributed by atoms with Crippen molar-refractivity contribution in [1.29, 1.82) is 5.26 Å².